The Balaban J connectivity index is 2.22. The molecule has 1 aromatic rings. The molecule has 1 aromatic heterocycles. The first-order chi connectivity index (χ1) is 9.19. The third-order valence-electron chi connectivity index (χ3n) is 3.59. The van der Waals surface area contributed by atoms with Gasteiger partial charge >= 0.3 is 0 Å². The maximum absolute atomic E-state index is 5.66. The minimum absolute atomic E-state index is 0.740. The molecule has 0 aliphatic rings. The molecule has 0 aliphatic carbocycles. The Labute approximate surface area is 117 Å². The average Bonchev–Trinajstić information content (AvgIpc) is 2.84. The SMILES string of the molecule is CCN(CC)CCCN(CC)CCn1cc(N)cn1. The van der Waals surface area contributed by atoms with E-state index < -0.39 is 0 Å². The molecule has 0 aromatic carbocycles. The summed E-state index contributed by atoms with van der Waals surface area (Å²) in [4.78, 5) is 4.95. The van der Waals surface area contributed by atoms with Gasteiger partial charge < -0.3 is 15.5 Å². The maximum atomic E-state index is 5.66. The van der Waals surface area contributed by atoms with Gasteiger partial charge in [-0.2, -0.15) is 5.10 Å². The van der Waals surface area contributed by atoms with Gasteiger partial charge in [-0.1, -0.05) is 20.8 Å². The Morgan fingerprint density at radius 1 is 1.05 bits per heavy atom. The normalized spacial score (nSPS) is 11.6. The van der Waals surface area contributed by atoms with Crippen LogP contribution in [0.1, 0.15) is 27.2 Å². The van der Waals surface area contributed by atoms with E-state index in [4.69, 9.17) is 5.73 Å². The summed E-state index contributed by atoms with van der Waals surface area (Å²) >= 11 is 0. The predicted molar refractivity (Wildman–Crippen MR) is 81.2 cm³/mol. The number of hydrogen-bond acceptors (Lipinski definition) is 4. The van der Waals surface area contributed by atoms with Crippen molar-refractivity contribution in [2.45, 2.75) is 33.7 Å². The van der Waals surface area contributed by atoms with E-state index in [1.54, 1.807) is 6.20 Å². The molecule has 0 radical (unpaired) electrons. The molecule has 2 N–H and O–H groups in total. The van der Waals surface area contributed by atoms with Gasteiger partial charge in [0.1, 0.15) is 0 Å². The molecule has 0 amide bonds. The van der Waals surface area contributed by atoms with Crippen LogP contribution in [0.5, 0.6) is 0 Å². The van der Waals surface area contributed by atoms with Crippen LogP contribution in [0.2, 0.25) is 0 Å². The van der Waals surface area contributed by atoms with Crippen LogP contribution < -0.4 is 5.73 Å². The van der Waals surface area contributed by atoms with Crippen molar-refractivity contribution in [2.75, 3.05) is 45.0 Å². The molecule has 0 saturated heterocycles. The van der Waals surface area contributed by atoms with Gasteiger partial charge in [0.05, 0.1) is 18.4 Å². The molecule has 0 unspecified atom stereocenters. The highest BCUT2D eigenvalue weighted by atomic mass is 15.3. The first kappa shape index (κ1) is 16.0. The van der Waals surface area contributed by atoms with Crippen molar-refractivity contribution in [3.63, 3.8) is 0 Å². The molecule has 110 valence electrons. The first-order valence-corrected chi connectivity index (χ1v) is 7.42. The lowest BCUT2D eigenvalue weighted by molar-refractivity contribution is 0.235. The second kappa shape index (κ2) is 8.93. The van der Waals surface area contributed by atoms with E-state index in [0.29, 0.717) is 0 Å². The molecule has 0 bridgehead atoms. The Morgan fingerprint density at radius 2 is 1.68 bits per heavy atom. The average molecular weight is 267 g/mol. The predicted octanol–water partition coefficient (Wildman–Crippen LogP) is 1.52. The van der Waals surface area contributed by atoms with Gasteiger partial charge in [0.2, 0.25) is 0 Å². The quantitative estimate of drug-likeness (QED) is 0.698. The number of aromatic nitrogens is 2. The number of likely N-dealkylation sites (N-methyl/N-ethyl adjacent to an activating group) is 1. The fourth-order valence-electron chi connectivity index (χ4n) is 2.23. The van der Waals surface area contributed by atoms with E-state index in [2.05, 4.69) is 35.7 Å². The van der Waals surface area contributed by atoms with Gasteiger partial charge in [0.25, 0.3) is 0 Å². The number of hydrogen-bond donors (Lipinski definition) is 1. The summed E-state index contributed by atoms with van der Waals surface area (Å²) in [6, 6.07) is 0. The van der Waals surface area contributed by atoms with Crippen LogP contribution in [0.4, 0.5) is 5.69 Å². The maximum Gasteiger partial charge on any atom is 0.0719 e. The number of anilines is 1. The van der Waals surface area contributed by atoms with Crippen LogP contribution in [0.25, 0.3) is 0 Å². The first-order valence-electron chi connectivity index (χ1n) is 7.42. The van der Waals surface area contributed by atoms with Crippen LogP contribution in [0.15, 0.2) is 12.4 Å². The van der Waals surface area contributed by atoms with Crippen molar-refractivity contribution in [3.05, 3.63) is 12.4 Å². The smallest absolute Gasteiger partial charge is 0.0719 e. The van der Waals surface area contributed by atoms with E-state index in [1.807, 2.05) is 10.9 Å². The summed E-state index contributed by atoms with van der Waals surface area (Å²) in [5, 5.41) is 4.21. The minimum atomic E-state index is 0.740. The highest BCUT2D eigenvalue weighted by Crippen LogP contribution is 2.00. The fourth-order valence-corrected chi connectivity index (χ4v) is 2.23. The zero-order valence-corrected chi connectivity index (χ0v) is 12.7. The number of nitrogen functional groups attached to an aromatic ring is 1. The fraction of sp³-hybridized carbons (Fsp3) is 0.786. The van der Waals surface area contributed by atoms with Crippen LogP contribution in [-0.2, 0) is 6.54 Å². The lowest BCUT2D eigenvalue weighted by atomic mass is 10.3. The Bertz CT molecular complexity index is 332. The molecule has 1 heterocycles. The standard InChI is InChI=1S/C14H29N5/c1-4-17(5-2)8-7-9-18(6-3)10-11-19-13-14(15)12-16-19/h12-13H,4-11,15H2,1-3H3. The topological polar surface area (TPSA) is 50.3 Å². The Kier molecular flexibility index (Phi) is 7.52. The summed E-state index contributed by atoms with van der Waals surface area (Å²) < 4.78 is 1.92. The highest BCUT2D eigenvalue weighted by Gasteiger charge is 2.05. The van der Waals surface area contributed by atoms with Crippen LogP contribution in [0, 0.1) is 0 Å². The van der Waals surface area contributed by atoms with Gasteiger partial charge in [-0.05, 0) is 39.1 Å². The van der Waals surface area contributed by atoms with Gasteiger partial charge in [-0.15, -0.1) is 0 Å². The minimum Gasteiger partial charge on any atom is -0.396 e. The number of nitrogens with zero attached hydrogens (tertiary/aromatic N) is 4. The van der Waals surface area contributed by atoms with E-state index in [1.165, 1.54) is 13.0 Å². The molecular formula is C14H29N5. The van der Waals surface area contributed by atoms with Crippen LogP contribution >= 0.6 is 0 Å². The van der Waals surface area contributed by atoms with Gasteiger partial charge in [0.15, 0.2) is 0 Å². The molecule has 0 fully saturated rings. The molecule has 0 atom stereocenters. The summed E-state index contributed by atoms with van der Waals surface area (Å²) in [6.45, 7) is 14.4. The van der Waals surface area contributed by atoms with Gasteiger partial charge in [-0.25, -0.2) is 0 Å². The molecule has 0 saturated carbocycles. The molecule has 19 heavy (non-hydrogen) atoms. The van der Waals surface area contributed by atoms with Crippen molar-refractivity contribution in [1.82, 2.24) is 19.6 Å². The van der Waals surface area contributed by atoms with Crippen LogP contribution in [-0.4, -0.2) is 58.8 Å². The third kappa shape index (κ3) is 6.07. The largest absolute Gasteiger partial charge is 0.396 e. The summed E-state index contributed by atoms with van der Waals surface area (Å²) in [6.07, 6.45) is 4.83. The van der Waals surface area contributed by atoms with Crippen molar-refractivity contribution >= 4 is 5.69 Å². The van der Waals surface area contributed by atoms with E-state index in [-0.39, 0.29) is 0 Å². The van der Waals surface area contributed by atoms with Crippen molar-refractivity contribution < 1.29 is 0 Å². The van der Waals surface area contributed by atoms with E-state index >= 15 is 0 Å². The summed E-state index contributed by atoms with van der Waals surface area (Å²) in [7, 11) is 0. The molecular weight excluding hydrogens is 238 g/mol. The Morgan fingerprint density at radius 3 is 2.21 bits per heavy atom. The second-order valence-electron chi connectivity index (χ2n) is 4.85. The third-order valence-corrected chi connectivity index (χ3v) is 3.59. The highest BCUT2D eigenvalue weighted by molar-refractivity contribution is 5.30. The summed E-state index contributed by atoms with van der Waals surface area (Å²) in [5.74, 6) is 0. The zero-order valence-electron chi connectivity index (χ0n) is 12.7. The summed E-state index contributed by atoms with van der Waals surface area (Å²) in [5.41, 5.74) is 6.40. The lowest BCUT2D eigenvalue weighted by Crippen LogP contribution is -2.32. The van der Waals surface area contributed by atoms with Crippen molar-refractivity contribution in [3.8, 4) is 0 Å². The molecule has 5 heteroatoms. The van der Waals surface area contributed by atoms with Crippen molar-refractivity contribution in [1.29, 1.82) is 0 Å². The monoisotopic (exact) mass is 267 g/mol. The number of rotatable bonds is 10. The molecule has 5 nitrogen and oxygen atoms in total. The molecule has 0 aliphatic heterocycles. The van der Waals surface area contributed by atoms with Crippen molar-refractivity contribution in [2.24, 2.45) is 0 Å². The Hall–Kier alpha value is -1.07. The van der Waals surface area contributed by atoms with Gasteiger partial charge in [0, 0.05) is 12.7 Å². The molecule has 0 spiro atoms. The van der Waals surface area contributed by atoms with E-state index in [0.717, 1.165) is 45.0 Å². The molecule has 1 rings (SSSR count). The van der Waals surface area contributed by atoms with Crippen LogP contribution in [0.3, 0.4) is 0 Å². The zero-order chi connectivity index (χ0) is 14.1. The van der Waals surface area contributed by atoms with Gasteiger partial charge in [-0.3, -0.25) is 4.68 Å². The lowest BCUT2D eigenvalue weighted by Gasteiger charge is -2.23. The number of nitrogens with two attached hydrogens (primary N) is 1. The van der Waals surface area contributed by atoms with E-state index in [9.17, 15) is 0 Å². The second-order valence-corrected chi connectivity index (χ2v) is 4.85.